The molecule has 4 aromatic rings. The van der Waals surface area contributed by atoms with Gasteiger partial charge in [-0.1, -0.05) is 90.5 Å². The fourth-order valence-electron chi connectivity index (χ4n) is 4.14. The molecule has 1 unspecified atom stereocenters. The molecule has 0 heterocycles. The smallest absolute Gasteiger partial charge is 0.0352 e. The Morgan fingerprint density at radius 2 is 1.42 bits per heavy atom. The Labute approximate surface area is 142 Å². The average molecular weight is 306 g/mol. The van der Waals surface area contributed by atoms with Gasteiger partial charge in [0, 0.05) is 5.92 Å². The number of benzene rings is 4. The van der Waals surface area contributed by atoms with Crippen molar-refractivity contribution in [3.8, 4) is 11.1 Å². The maximum Gasteiger partial charge on any atom is 0.0352 e. The molecule has 24 heavy (non-hydrogen) atoms. The van der Waals surface area contributed by atoms with Crippen LogP contribution in [0.5, 0.6) is 0 Å². The van der Waals surface area contributed by atoms with Crippen LogP contribution in [0.4, 0.5) is 0 Å². The summed E-state index contributed by atoms with van der Waals surface area (Å²) in [5.74, 6) is 0.335. The number of aryl methyl sites for hydroxylation is 1. The van der Waals surface area contributed by atoms with Crippen LogP contribution in [0.2, 0.25) is 0 Å². The quantitative estimate of drug-likeness (QED) is 0.340. The van der Waals surface area contributed by atoms with Gasteiger partial charge in [0.05, 0.1) is 0 Å². The highest BCUT2D eigenvalue weighted by Crippen LogP contribution is 2.50. The summed E-state index contributed by atoms with van der Waals surface area (Å²) in [5, 5.41) is 2.68. The number of fused-ring (bicyclic) bond motifs is 5. The monoisotopic (exact) mass is 306 g/mol. The number of hydrogen-bond donors (Lipinski definition) is 0. The van der Waals surface area contributed by atoms with E-state index in [-0.39, 0.29) is 0 Å². The normalized spacial score (nSPS) is 15.3. The maximum atomic E-state index is 2.35. The van der Waals surface area contributed by atoms with E-state index < -0.39 is 0 Å². The van der Waals surface area contributed by atoms with Gasteiger partial charge in [0.2, 0.25) is 0 Å². The van der Waals surface area contributed by atoms with E-state index in [1.807, 2.05) is 0 Å². The third kappa shape index (κ3) is 1.86. The van der Waals surface area contributed by atoms with Crippen LogP contribution in [0, 0.1) is 6.92 Å². The molecule has 1 aliphatic carbocycles. The minimum atomic E-state index is 0.335. The van der Waals surface area contributed by atoms with Crippen LogP contribution in [0.3, 0.4) is 0 Å². The van der Waals surface area contributed by atoms with Crippen molar-refractivity contribution < 1.29 is 0 Å². The van der Waals surface area contributed by atoms with Crippen LogP contribution < -0.4 is 0 Å². The van der Waals surface area contributed by atoms with E-state index in [4.69, 9.17) is 0 Å². The van der Waals surface area contributed by atoms with Crippen molar-refractivity contribution in [3.63, 3.8) is 0 Å². The van der Waals surface area contributed by atoms with E-state index in [0.29, 0.717) is 5.92 Å². The van der Waals surface area contributed by atoms with Crippen LogP contribution in [0.1, 0.15) is 28.2 Å². The third-order valence-corrected chi connectivity index (χ3v) is 5.19. The first-order chi connectivity index (χ1) is 11.8. The topological polar surface area (TPSA) is 0 Å². The summed E-state index contributed by atoms with van der Waals surface area (Å²) in [6.45, 7) is 2.18. The lowest BCUT2D eigenvalue weighted by atomic mass is 9.89. The van der Waals surface area contributed by atoms with Gasteiger partial charge in [-0.25, -0.2) is 0 Å². The Balaban J connectivity index is 1.90. The summed E-state index contributed by atoms with van der Waals surface area (Å²) < 4.78 is 0. The van der Waals surface area contributed by atoms with Crippen molar-refractivity contribution in [3.05, 3.63) is 107 Å². The van der Waals surface area contributed by atoms with Gasteiger partial charge >= 0.3 is 0 Å². The summed E-state index contributed by atoms with van der Waals surface area (Å²) in [5.41, 5.74) is 8.37. The van der Waals surface area contributed by atoms with E-state index >= 15 is 0 Å². The van der Waals surface area contributed by atoms with Crippen molar-refractivity contribution in [2.75, 3.05) is 0 Å². The minimum Gasteiger partial charge on any atom is -0.0622 e. The molecule has 0 fully saturated rings. The lowest BCUT2D eigenvalue weighted by Crippen LogP contribution is -1.98. The molecule has 5 rings (SSSR count). The molecule has 114 valence electrons. The van der Waals surface area contributed by atoms with E-state index in [2.05, 4.69) is 91.9 Å². The summed E-state index contributed by atoms with van der Waals surface area (Å²) in [7, 11) is 0. The Morgan fingerprint density at radius 3 is 2.29 bits per heavy atom. The molecular weight excluding hydrogens is 288 g/mol. The second-order valence-electron chi connectivity index (χ2n) is 6.69. The zero-order valence-corrected chi connectivity index (χ0v) is 13.7. The van der Waals surface area contributed by atoms with E-state index in [1.165, 1.54) is 44.2 Å². The van der Waals surface area contributed by atoms with Gasteiger partial charge in [0.1, 0.15) is 0 Å². The summed E-state index contributed by atoms with van der Waals surface area (Å²) >= 11 is 0. The molecule has 0 aromatic heterocycles. The van der Waals surface area contributed by atoms with Crippen molar-refractivity contribution >= 4 is 10.8 Å². The Kier molecular flexibility index (Phi) is 2.87. The second-order valence-corrected chi connectivity index (χ2v) is 6.69. The predicted molar refractivity (Wildman–Crippen MR) is 102 cm³/mol. The highest BCUT2D eigenvalue weighted by molar-refractivity contribution is 6.02. The Hall–Kier alpha value is -2.86. The number of hydrogen-bond acceptors (Lipinski definition) is 0. The van der Waals surface area contributed by atoms with Crippen LogP contribution in [0.15, 0.2) is 84.9 Å². The van der Waals surface area contributed by atoms with Gasteiger partial charge in [-0.15, -0.1) is 0 Å². The molecule has 0 spiro atoms. The average Bonchev–Trinajstić information content (AvgIpc) is 2.96. The summed E-state index contributed by atoms with van der Waals surface area (Å²) in [6, 6.07) is 31.1. The van der Waals surface area contributed by atoms with E-state index in [0.717, 1.165) is 0 Å². The fourth-order valence-corrected chi connectivity index (χ4v) is 4.14. The Morgan fingerprint density at radius 1 is 0.667 bits per heavy atom. The first-order valence-corrected chi connectivity index (χ1v) is 8.50. The highest BCUT2D eigenvalue weighted by atomic mass is 14.3. The molecule has 0 amide bonds. The molecule has 0 heteroatoms. The van der Waals surface area contributed by atoms with E-state index in [1.54, 1.807) is 0 Å². The van der Waals surface area contributed by atoms with Crippen LogP contribution in [-0.4, -0.2) is 0 Å². The van der Waals surface area contributed by atoms with Crippen LogP contribution in [0.25, 0.3) is 21.9 Å². The van der Waals surface area contributed by atoms with Crippen LogP contribution in [-0.2, 0) is 0 Å². The molecule has 0 bridgehead atoms. The zero-order chi connectivity index (χ0) is 16.1. The van der Waals surface area contributed by atoms with Crippen LogP contribution >= 0.6 is 0 Å². The van der Waals surface area contributed by atoms with Crippen molar-refractivity contribution in [2.24, 2.45) is 0 Å². The summed E-state index contributed by atoms with van der Waals surface area (Å²) in [4.78, 5) is 0. The van der Waals surface area contributed by atoms with Gasteiger partial charge < -0.3 is 0 Å². The molecule has 0 aliphatic heterocycles. The van der Waals surface area contributed by atoms with Crippen molar-refractivity contribution in [2.45, 2.75) is 12.8 Å². The van der Waals surface area contributed by atoms with Gasteiger partial charge in [0.25, 0.3) is 0 Å². The molecule has 0 radical (unpaired) electrons. The second kappa shape index (κ2) is 5.07. The molecule has 1 aliphatic rings. The maximum absolute atomic E-state index is 2.35. The Bertz CT molecular complexity index is 1060. The van der Waals surface area contributed by atoms with Gasteiger partial charge in [0.15, 0.2) is 0 Å². The molecule has 0 saturated carbocycles. The molecule has 4 aromatic carbocycles. The van der Waals surface area contributed by atoms with Crippen molar-refractivity contribution in [1.29, 1.82) is 0 Å². The van der Waals surface area contributed by atoms with Gasteiger partial charge in [-0.05, 0) is 45.5 Å². The molecular formula is C24H18. The molecule has 0 N–H and O–H groups in total. The molecule has 0 nitrogen and oxygen atoms in total. The first-order valence-electron chi connectivity index (χ1n) is 8.50. The predicted octanol–water partition coefficient (Wildman–Crippen LogP) is 6.31. The number of rotatable bonds is 1. The largest absolute Gasteiger partial charge is 0.0622 e. The van der Waals surface area contributed by atoms with Gasteiger partial charge in [-0.3, -0.25) is 0 Å². The summed E-state index contributed by atoms with van der Waals surface area (Å²) in [6.07, 6.45) is 0. The fraction of sp³-hybridized carbons (Fsp3) is 0.0833. The molecule has 1 atom stereocenters. The third-order valence-electron chi connectivity index (χ3n) is 5.19. The van der Waals surface area contributed by atoms with Gasteiger partial charge in [-0.2, -0.15) is 0 Å². The standard InChI is InChI=1S/C24H18/c1-16-11-13-20-22(15-16)24-19-10-6-5-7-17(19)12-14-21(24)23(20)18-8-3-2-4-9-18/h2-15,23H,1H3. The molecule has 0 saturated heterocycles. The lowest BCUT2D eigenvalue weighted by Gasteiger charge is -2.14. The first kappa shape index (κ1) is 13.6. The lowest BCUT2D eigenvalue weighted by molar-refractivity contribution is 1.02. The highest BCUT2D eigenvalue weighted by Gasteiger charge is 2.30. The SMILES string of the molecule is Cc1ccc2c(c1)-c1c(ccc3ccccc13)C2c1ccccc1. The van der Waals surface area contributed by atoms with Crippen molar-refractivity contribution in [1.82, 2.24) is 0 Å². The zero-order valence-electron chi connectivity index (χ0n) is 13.7. The minimum absolute atomic E-state index is 0.335. The van der Waals surface area contributed by atoms with E-state index in [9.17, 15) is 0 Å².